The van der Waals surface area contributed by atoms with Gasteiger partial charge in [-0.05, 0) is 24.4 Å². The van der Waals surface area contributed by atoms with Crippen LogP contribution in [0.4, 0.5) is 5.95 Å². The van der Waals surface area contributed by atoms with Crippen molar-refractivity contribution in [2.75, 3.05) is 37.6 Å². The maximum atomic E-state index is 12.2. The van der Waals surface area contributed by atoms with Crippen LogP contribution in [-0.4, -0.2) is 53.5 Å². The lowest BCUT2D eigenvalue weighted by atomic mass is 10.2. The summed E-state index contributed by atoms with van der Waals surface area (Å²) in [6.45, 7) is 5.85. The Kier molecular flexibility index (Phi) is 5.19. The molecule has 0 aromatic carbocycles. The topological polar surface area (TPSA) is 61.4 Å². The van der Waals surface area contributed by atoms with Gasteiger partial charge in [-0.15, -0.1) is 11.3 Å². The molecule has 0 bridgehead atoms. The predicted octanol–water partition coefficient (Wildman–Crippen LogP) is 1.54. The van der Waals surface area contributed by atoms with E-state index >= 15 is 0 Å². The molecule has 1 amide bonds. The van der Waals surface area contributed by atoms with Crippen LogP contribution < -0.4 is 10.2 Å². The van der Waals surface area contributed by atoms with Crippen molar-refractivity contribution in [2.24, 2.45) is 0 Å². The Morgan fingerprint density at radius 2 is 2.00 bits per heavy atom. The van der Waals surface area contributed by atoms with Crippen LogP contribution in [-0.2, 0) is 4.79 Å². The van der Waals surface area contributed by atoms with Gasteiger partial charge in [-0.3, -0.25) is 9.69 Å². The highest BCUT2D eigenvalue weighted by Crippen LogP contribution is 2.18. The van der Waals surface area contributed by atoms with Gasteiger partial charge in [-0.2, -0.15) is 0 Å². The number of nitrogens with one attached hydrogen (secondary N) is 1. The molecule has 1 fully saturated rings. The molecule has 0 radical (unpaired) electrons. The third-order valence-corrected chi connectivity index (χ3v) is 4.98. The van der Waals surface area contributed by atoms with Crippen molar-refractivity contribution >= 4 is 23.2 Å². The molecular weight excluding hydrogens is 310 g/mol. The van der Waals surface area contributed by atoms with E-state index < -0.39 is 0 Å². The molecule has 7 heteroatoms. The van der Waals surface area contributed by atoms with E-state index in [1.165, 1.54) is 4.88 Å². The summed E-state index contributed by atoms with van der Waals surface area (Å²) in [5.41, 5.74) is 0. The van der Waals surface area contributed by atoms with Gasteiger partial charge in [0.15, 0.2) is 0 Å². The number of nitrogens with zero attached hydrogens (tertiary/aromatic N) is 4. The van der Waals surface area contributed by atoms with Crippen molar-refractivity contribution < 1.29 is 4.79 Å². The highest BCUT2D eigenvalue weighted by molar-refractivity contribution is 7.10. The first-order valence-corrected chi connectivity index (χ1v) is 8.67. The lowest BCUT2D eigenvalue weighted by molar-refractivity contribution is -0.122. The van der Waals surface area contributed by atoms with E-state index in [-0.39, 0.29) is 11.9 Å². The van der Waals surface area contributed by atoms with Crippen molar-refractivity contribution in [1.29, 1.82) is 0 Å². The van der Waals surface area contributed by atoms with E-state index in [2.05, 4.69) is 25.1 Å². The van der Waals surface area contributed by atoms with Crippen LogP contribution >= 0.6 is 11.3 Å². The predicted molar refractivity (Wildman–Crippen MR) is 91.6 cm³/mol. The van der Waals surface area contributed by atoms with Crippen molar-refractivity contribution in [3.05, 3.63) is 40.8 Å². The van der Waals surface area contributed by atoms with Gasteiger partial charge in [-0.25, -0.2) is 9.97 Å². The zero-order valence-corrected chi connectivity index (χ0v) is 14.0. The fourth-order valence-electron chi connectivity index (χ4n) is 2.66. The summed E-state index contributed by atoms with van der Waals surface area (Å²) in [5, 5.41) is 5.09. The average Bonchev–Trinajstić information content (AvgIpc) is 3.11. The summed E-state index contributed by atoms with van der Waals surface area (Å²) in [6, 6.07) is 5.95. The first kappa shape index (κ1) is 15.9. The summed E-state index contributed by atoms with van der Waals surface area (Å²) in [7, 11) is 0. The Labute approximate surface area is 140 Å². The smallest absolute Gasteiger partial charge is 0.234 e. The minimum atomic E-state index is 0.0708. The molecule has 1 aliphatic heterocycles. The number of aromatic nitrogens is 2. The Hall–Kier alpha value is -1.99. The Balaban J connectivity index is 1.44. The summed E-state index contributed by atoms with van der Waals surface area (Å²) in [5.74, 6) is 0.846. The van der Waals surface area contributed by atoms with Crippen LogP contribution in [0.3, 0.4) is 0 Å². The van der Waals surface area contributed by atoms with E-state index in [0.29, 0.717) is 6.54 Å². The highest BCUT2D eigenvalue weighted by atomic mass is 32.1. The number of hydrogen-bond donors (Lipinski definition) is 1. The average molecular weight is 331 g/mol. The van der Waals surface area contributed by atoms with Crippen molar-refractivity contribution in [1.82, 2.24) is 20.2 Å². The summed E-state index contributed by atoms with van der Waals surface area (Å²) in [6.07, 6.45) is 3.52. The second kappa shape index (κ2) is 7.52. The molecule has 0 saturated carbocycles. The summed E-state index contributed by atoms with van der Waals surface area (Å²) >= 11 is 1.67. The molecule has 0 aliphatic carbocycles. The molecule has 0 spiro atoms. The molecule has 1 saturated heterocycles. The zero-order valence-electron chi connectivity index (χ0n) is 13.2. The number of carbonyl (C=O) groups is 1. The number of amides is 1. The van der Waals surface area contributed by atoms with Gasteiger partial charge >= 0.3 is 0 Å². The third kappa shape index (κ3) is 4.27. The number of thiophene rings is 1. The minimum absolute atomic E-state index is 0.0708. The fraction of sp³-hybridized carbons (Fsp3) is 0.438. The maximum Gasteiger partial charge on any atom is 0.234 e. The van der Waals surface area contributed by atoms with Gasteiger partial charge in [0.1, 0.15) is 0 Å². The van der Waals surface area contributed by atoms with Gasteiger partial charge in [0, 0.05) is 43.4 Å². The lowest BCUT2D eigenvalue weighted by Crippen LogP contribution is -2.50. The van der Waals surface area contributed by atoms with Gasteiger partial charge in [0.2, 0.25) is 11.9 Å². The monoisotopic (exact) mass is 331 g/mol. The molecule has 2 aromatic rings. The number of carbonyl (C=O) groups excluding carboxylic acids is 1. The SMILES string of the molecule is C[C@H](NC(=O)CN1CCN(c2ncccn2)CC1)c1cccs1. The Morgan fingerprint density at radius 1 is 1.26 bits per heavy atom. The number of piperazine rings is 1. The normalized spacial score (nSPS) is 17.0. The summed E-state index contributed by atoms with van der Waals surface area (Å²) in [4.78, 5) is 26.2. The van der Waals surface area contributed by atoms with E-state index in [0.717, 1.165) is 32.1 Å². The highest BCUT2D eigenvalue weighted by Gasteiger charge is 2.21. The minimum Gasteiger partial charge on any atom is -0.348 e. The maximum absolute atomic E-state index is 12.2. The molecule has 2 aromatic heterocycles. The number of anilines is 1. The van der Waals surface area contributed by atoms with Crippen LogP contribution in [0.5, 0.6) is 0 Å². The molecule has 0 unspecified atom stereocenters. The molecule has 23 heavy (non-hydrogen) atoms. The Bertz CT molecular complexity index is 611. The molecule has 3 heterocycles. The van der Waals surface area contributed by atoms with Crippen LogP contribution in [0.25, 0.3) is 0 Å². The van der Waals surface area contributed by atoms with Gasteiger partial charge in [-0.1, -0.05) is 6.07 Å². The zero-order chi connectivity index (χ0) is 16.1. The first-order valence-electron chi connectivity index (χ1n) is 7.79. The standard InChI is InChI=1S/C16H21N5OS/c1-13(14-4-2-11-23-14)19-15(22)12-20-7-9-21(10-8-20)16-17-5-3-6-18-16/h2-6,11,13H,7-10,12H2,1H3,(H,19,22)/t13-/m0/s1. The van der Waals surface area contributed by atoms with E-state index in [1.54, 1.807) is 23.7 Å². The van der Waals surface area contributed by atoms with Crippen LogP contribution in [0.1, 0.15) is 17.8 Å². The van der Waals surface area contributed by atoms with E-state index in [1.807, 2.05) is 30.5 Å². The lowest BCUT2D eigenvalue weighted by Gasteiger charge is -2.34. The molecule has 1 aliphatic rings. The molecule has 3 rings (SSSR count). The van der Waals surface area contributed by atoms with Crippen LogP contribution in [0.15, 0.2) is 36.0 Å². The number of hydrogen-bond acceptors (Lipinski definition) is 6. The number of rotatable bonds is 5. The second-order valence-corrected chi connectivity index (χ2v) is 6.60. The van der Waals surface area contributed by atoms with Crippen molar-refractivity contribution in [2.45, 2.75) is 13.0 Å². The van der Waals surface area contributed by atoms with E-state index in [4.69, 9.17) is 0 Å². The summed E-state index contributed by atoms with van der Waals surface area (Å²) < 4.78 is 0. The van der Waals surface area contributed by atoms with Gasteiger partial charge in [0.05, 0.1) is 12.6 Å². The van der Waals surface area contributed by atoms with Crippen molar-refractivity contribution in [3.63, 3.8) is 0 Å². The third-order valence-electron chi connectivity index (χ3n) is 3.92. The molecular formula is C16H21N5OS. The van der Waals surface area contributed by atoms with Crippen LogP contribution in [0.2, 0.25) is 0 Å². The molecule has 6 nitrogen and oxygen atoms in total. The second-order valence-electron chi connectivity index (χ2n) is 5.62. The van der Waals surface area contributed by atoms with Crippen molar-refractivity contribution in [3.8, 4) is 0 Å². The molecule has 1 N–H and O–H groups in total. The largest absolute Gasteiger partial charge is 0.348 e. The quantitative estimate of drug-likeness (QED) is 0.900. The molecule has 1 atom stereocenters. The van der Waals surface area contributed by atoms with Crippen LogP contribution in [0, 0.1) is 0 Å². The van der Waals surface area contributed by atoms with Gasteiger partial charge < -0.3 is 10.2 Å². The van der Waals surface area contributed by atoms with E-state index in [9.17, 15) is 4.79 Å². The Morgan fingerprint density at radius 3 is 2.65 bits per heavy atom. The fourth-order valence-corrected chi connectivity index (χ4v) is 3.39. The molecule has 122 valence electrons. The first-order chi connectivity index (χ1) is 11.2. The van der Waals surface area contributed by atoms with Gasteiger partial charge in [0.25, 0.3) is 0 Å².